The van der Waals surface area contributed by atoms with E-state index in [0.717, 1.165) is 32.1 Å². The van der Waals surface area contributed by atoms with Crippen LogP contribution < -0.4 is 5.32 Å². The fourth-order valence-corrected chi connectivity index (χ4v) is 5.41. The van der Waals surface area contributed by atoms with Gasteiger partial charge >= 0.3 is 11.9 Å². The molecule has 0 unspecified atom stereocenters. The Morgan fingerprint density at radius 1 is 0.941 bits per heavy atom. The lowest BCUT2D eigenvalue weighted by Crippen LogP contribution is -2.38. The molecule has 2 aromatic rings. The maximum atomic E-state index is 13.2. The van der Waals surface area contributed by atoms with Crippen molar-refractivity contribution in [2.24, 2.45) is 0 Å². The van der Waals surface area contributed by atoms with Gasteiger partial charge in [-0.1, -0.05) is 31.4 Å². The molecule has 3 rings (SSSR count). The van der Waals surface area contributed by atoms with E-state index in [9.17, 15) is 22.8 Å². The summed E-state index contributed by atoms with van der Waals surface area (Å²) in [6.45, 7) is -0.607. The zero-order valence-corrected chi connectivity index (χ0v) is 20.0. The number of hydrogen-bond donors (Lipinski definition) is 1. The van der Waals surface area contributed by atoms with Crippen LogP contribution >= 0.6 is 0 Å². The van der Waals surface area contributed by atoms with Gasteiger partial charge in [0.05, 0.1) is 23.9 Å². The van der Waals surface area contributed by atoms with Crippen LogP contribution in [-0.2, 0) is 24.3 Å². The quantitative estimate of drug-likeness (QED) is 0.567. The summed E-state index contributed by atoms with van der Waals surface area (Å²) in [4.78, 5) is 36.1. The molecule has 34 heavy (non-hydrogen) atoms. The molecule has 0 heterocycles. The van der Waals surface area contributed by atoms with E-state index in [0.29, 0.717) is 0 Å². The van der Waals surface area contributed by atoms with Crippen LogP contribution in [-0.4, -0.2) is 57.4 Å². The highest BCUT2D eigenvalue weighted by molar-refractivity contribution is 7.89. The van der Waals surface area contributed by atoms with Gasteiger partial charge in [-0.25, -0.2) is 18.0 Å². The Kier molecular flexibility index (Phi) is 8.41. The van der Waals surface area contributed by atoms with Gasteiger partial charge in [0, 0.05) is 13.1 Å². The molecule has 2 aromatic carbocycles. The molecule has 0 saturated heterocycles. The molecular weight excluding hydrogens is 460 g/mol. The minimum Gasteiger partial charge on any atom is -0.465 e. The first-order valence-corrected chi connectivity index (χ1v) is 12.4. The van der Waals surface area contributed by atoms with Gasteiger partial charge in [-0.2, -0.15) is 4.31 Å². The normalized spacial score (nSPS) is 14.4. The Morgan fingerprint density at radius 2 is 1.53 bits per heavy atom. The molecule has 1 aliphatic rings. The Labute approximate surface area is 199 Å². The van der Waals surface area contributed by atoms with Gasteiger partial charge in [0.25, 0.3) is 5.91 Å². The van der Waals surface area contributed by atoms with E-state index >= 15 is 0 Å². The highest BCUT2D eigenvalue weighted by atomic mass is 32.2. The molecule has 0 atom stereocenters. The van der Waals surface area contributed by atoms with Crippen LogP contribution in [0, 0.1) is 0 Å². The van der Waals surface area contributed by atoms with Crippen molar-refractivity contribution in [1.29, 1.82) is 0 Å². The number of sulfonamides is 1. The highest BCUT2D eigenvalue weighted by Crippen LogP contribution is 2.29. The van der Waals surface area contributed by atoms with E-state index in [1.165, 1.54) is 47.8 Å². The van der Waals surface area contributed by atoms with Crippen molar-refractivity contribution in [2.75, 3.05) is 26.1 Å². The standard InChI is InChI=1S/C24H28N2O7S/c1-26(19-8-4-3-5-9-19)34(30,31)21-11-7-6-10-20(21)25-22(27)16-33-24(29)18-14-12-17(13-15-18)23(28)32-2/h6-7,10-15,19H,3-5,8-9,16H2,1-2H3,(H,25,27). The summed E-state index contributed by atoms with van der Waals surface area (Å²) in [6, 6.07) is 11.7. The van der Waals surface area contributed by atoms with Crippen LogP contribution in [0.4, 0.5) is 5.69 Å². The van der Waals surface area contributed by atoms with Crippen LogP contribution in [0.3, 0.4) is 0 Å². The van der Waals surface area contributed by atoms with E-state index in [2.05, 4.69) is 10.1 Å². The molecule has 1 aliphatic carbocycles. The third kappa shape index (κ3) is 6.00. The average Bonchev–Trinajstić information content (AvgIpc) is 2.87. The van der Waals surface area contributed by atoms with Crippen LogP contribution in [0.15, 0.2) is 53.4 Å². The van der Waals surface area contributed by atoms with Gasteiger partial charge < -0.3 is 14.8 Å². The number of benzene rings is 2. The fraction of sp³-hybridized carbons (Fsp3) is 0.375. The lowest BCUT2D eigenvalue weighted by molar-refractivity contribution is -0.119. The molecule has 0 radical (unpaired) electrons. The maximum Gasteiger partial charge on any atom is 0.338 e. The Morgan fingerprint density at radius 3 is 2.15 bits per heavy atom. The van der Waals surface area contributed by atoms with Crippen molar-refractivity contribution in [1.82, 2.24) is 4.31 Å². The summed E-state index contributed by atoms with van der Waals surface area (Å²) < 4.78 is 37.5. The van der Waals surface area contributed by atoms with Crippen molar-refractivity contribution in [2.45, 2.75) is 43.0 Å². The molecule has 10 heteroatoms. The molecule has 182 valence electrons. The second-order valence-corrected chi connectivity index (χ2v) is 9.97. The molecular formula is C24H28N2O7S. The number of esters is 2. The number of ether oxygens (including phenoxy) is 2. The van der Waals surface area contributed by atoms with Gasteiger partial charge in [0.2, 0.25) is 10.0 Å². The number of carbonyl (C=O) groups is 3. The Bertz CT molecular complexity index is 1140. The van der Waals surface area contributed by atoms with Crippen LogP contribution in [0.25, 0.3) is 0 Å². The predicted octanol–water partition coefficient (Wildman–Crippen LogP) is 3.22. The van der Waals surface area contributed by atoms with Crippen molar-refractivity contribution in [3.05, 3.63) is 59.7 Å². The number of rotatable bonds is 8. The van der Waals surface area contributed by atoms with Crippen LogP contribution in [0.2, 0.25) is 0 Å². The van der Waals surface area contributed by atoms with E-state index in [4.69, 9.17) is 4.74 Å². The van der Waals surface area contributed by atoms with Gasteiger partial charge in [-0.15, -0.1) is 0 Å². The molecule has 1 N–H and O–H groups in total. The minimum atomic E-state index is -3.83. The lowest BCUT2D eigenvalue weighted by atomic mass is 9.96. The number of hydrogen-bond acceptors (Lipinski definition) is 7. The number of para-hydroxylation sites is 1. The molecule has 1 fully saturated rings. The van der Waals surface area contributed by atoms with Crippen molar-refractivity contribution in [3.8, 4) is 0 Å². The summed E-state index contributed by atoms with van der Waals surface area (Å²) in [5, 5.41) is 2.53. The maximum absolute atomic E-state index is 13.2. The summed E-state index contributed by atoms with van der Waals surface area (Å²) in [7, 11) is -1.01. The summed E-state index contributed by atoms with van der Waals surface area (Å²) in [5.74, 6) is -1.98. The lowest BCUT2D eigenvalue weighted by Gasteiger charge is -2.30. The fourth-order valence-electron chi connectivity index (χ4n) is 3.85. The first kappa shape index (κ1) is 25.4. The third-order valence-electron chi connectivity index (χ3n) is 5.78. The van der Waals surface area contributed by atoms with Crippen LogP contribution in [0.5, 0.6) is 0 Å². The molecule has 0 spiro atoms. The van der Waals surface area contributed by atoms with Gasteiger partial charge in [0.15, 0.2) is 6.61 Å². The minimum absolute atomic E-state index is 0.0128. The number of nitrogens with one attached hydrogen (secondary N) is 1. The van der Waals surface area contributed by atoms with Crippen molar-refractivity contribution in [3.63, 3.8) is 0 Å². The second kappa shape index (κ2) is 11.3. The zero-order chi connectivity index (χ0) is 24.7. The number of anilines is 1. The number of nitrogens with zero attached hydrogens (tertiary/aromatic N) is 1. The first-order valence-electron chi connectivity index (χ1n) is 11.0. The number of methoxy groups -OCH3 is 1. The smallest absolute Gasteiger partial charge is 0.338 e. The summed E-state index contributed by atoms with van der Waals surface area (Å²) >= 11 is 0. The molecule has 1 saturated carbocycles. The van der Waals surface area contributed by atoms with E-state index < -0.39 is 34.5 Å². The SMILES string of the molecule is COC(=O)c1ccc(C(=O)OCC(=O)Nc2ccccc2S(=O)(=O)N(C)C2CCCCC2)cc1. The monoisotopic (exact) mass is 488 g/mol. The third-order valence-corrected chi connectivity index (χ3v) is 7.75. The summed E-state index contributed by atoms with van der Waals surface area (Å²) in [6.07, 6.45) is 4.69. The van der Waals surface area contributed by atoms with Gasteiger partial charge in [0.1, 0.15) is 4.90 Å². The second-order valence-electron chi connectivity index (χ2n) is 8.00. The van der Waals surface area contributed by atoms with E-state index in [1.807, 2.05) is 0 Å². The molecule has 0 bridgehead atoms. The number of carbonyl (C=O) groups excluding carboxylic acids is 3. The average molecular weight is 489 g/mol. The molecule has 0 aliphatic heterocycles. The van der Waals surface area contributed by atoms with Gasteiger partial charge in [-0.3, -0.25) is 4.79 Å². The molecule has 0 aromatic heterocycles. The van der Waals surface area contributed by atoms with Crippen molar-refractivity contribution >= 4 is 33.6 Å². The predicted molar refractivity (Wildman–Crippen MR) is 125 cm³/mol. The highest BCUT2D eigenvalue weighted by Gasteiger charge is 2.31. The first-order chi connectivity index (χ1) is 16.2. The van der Waals surface area contributed by atoms with Crippen molar-refractivity contribution < 1.29 is 32.3 Å². The van der Waals surface area contributed by atoms with Gasteiger partial charge in [-0.05, 0) is 49.2 Å². The topological polar surface area (TPSA) is 119 Å². The summed E-state index contributed by atoms with van der Waals surface area (Å²) in [5.41, 5.74) is 0.541. The number of amides is 1. The van der Waals surface area contributed by atoms with E-state index in [-0.39, 0.29) is 27.8 Å². The zero-order valence-electron chi connectivity index (χ0n) is 19.2. The molecule has 9 nitrogen and oxygen atoms in total. The Balaban J connectivity index is 1.64. The van der Waals surface area contributed by atoms with Crippen LogP contribution in [0.1, 0.15) is 52.8 Å². The molecule has 1 amide bonds. The Hall–Kier alpha value is -3.24. The largest absolute Gasteiger partial charge is 0.465 e. The van der Waals surface area contributed by atoms with E-state index in [1.54, 1.807) is 19.2 Å².